The normalized spacial score (nSPS) is 10.7. The van der Waals surface area contributed by atoms with Gasteiger partial charge in [0.25, 0.3) is 15.9 Å². The highest BCUT2D eigenvalue weighted by Gasteiger charge is 2.16. The molecule has 32 heavy (non-hydrogen) atoms. The third-order valence-electron chi connectivity index (χ3n) is 4.09. The number of aromatic nitrogens is 2. The van der Waals surface area contributed by atoms with E-state index in [4.69, 9.17) is 21.7 Å². The maximum Gasteiger partial charge on any atom is 0.263 e. The van der Waals surface area contributed by atoms with Crippen molar-refractivity contribution < 1.29 is 22.7 Å². The van der Waals surface area contributed by atoms with E-state index in [0.717, 1.165) is 0 Å². The molecule has 1 amide bonds. The number of benzene rings is 2. The Morgan fingerprint density at radius 3 is 2.41 bits per heavy atom. The molecule has 10 nitrogen and oxygen atoms in total. The standard InChI is InChI=1S/C20H19N5O5S2/c1-29-16-6-4-3-5-15(16)19(26)24-20(31)23-13-7-9-14(10-8-13)32(27,28)25-17-11-18(30-2)22-12-21-17/h3-12H,1-2H3,(H,21,22,25)(H2,23,24,26,31). The molecular weight excluding hydrogens is 454 g/mol. The number of anilines is 2. The van der Waals surface area contributed by atoms with Crippen LogP contribution in [0.2, 0.25) is 0 Å². The van der Waals surface area contributed by atoms with Gasteiger partial charge in [-0.25, -0.2) is 18.4 Å². The van der Waals surface area contributed by atoms with E-state index in [2.05, 4.69) is 25.3 Å². The Morgan fingerprint density at radius 2 is 1.72 bits per heavy atom. The lowest BCUT2D eigenvalue weighted by Gasteiger charge is -2.12. The van der Waals surface area contributed by atoms with Gasteiger partial charge in [0, 0.05) is 11.8 Å². The average molecular weight is 474 g/mol. The van der Waals surface area contributed by atoms with Gasteiger partial charge in [0.1, 0.15) is 17.9 Å². The van der Waals surface area contributed by atoms with E-state index in [1.807, 2.05) is 0 Å². The largest absolute Gasteiger partial charge is 0.496 e. The number of carbonyl (C=O) groups excluding carboxylic acids is 1. The van der Waals surface area contributed by atoms with E-state index in [1.54, 1.807) is 24.3 Å². The van der Waals surface area contributed by atoms with Gasteiger partial charge in [-0.3, -0.25) is 14.8 Å². The number of ether oxygens (including phenoxy) is 2. The fourth-order valence-electron chi connectivity index (χ4n) is 2.59. The fraction of sp³-hybridized carbons (Fsp3) is 0.100. The van der Waals surface area contributed by atoms with Crippen LogP contribution in [0, 0.1) is 0 Å². The maximum atomic E-state index is 12.6. The third kappa shape index (κ3) is 5.68. The predicted molar refractivity (Wildman–Crippen MR) is 123 cm³/mol. The van der Waals surface area contributed by atoms with Crippen molar-refractivity contribution in [2.45, 2.75) is 4.90 Å². The Labute approximate surface area is 190 Å². The summed E-state index contributed by atoms with van der Waals surface area (Å²) >= 11 is 5.17. The van der Waals surface area contributed by atoms with Crippen molar-refractivity contribution in [1.29, 1.82) is 0 Å². The van der Waals surface area contributed by atoms with Gasteiger partial charge in [0.15, 0.2) is 5.11 Å². The van der Waals surface area contributed by atoms with Gasteiger partial charge in [-0.1, -0.05) is 12.1 Å². The van der Waals surface area contributed by atoms with E-state index >= 15 is 0 Å². The molecule has 0 radical (unpaired) electrons. The lowest BCUT2D eigenvalue weighted by molar-refractivity contribution is 0.0974. The van der Waals surface area contributed by atoms with Gasteiger partial charge in [0.2, 0.25) is 5.88 Å². The van der Waals surface area contributed by atoms with E-state index in [1.165, 1.54) is 50.9 Å². The monoisotopic (exact) mass is 473 g/mol. The van der Waals surface area contributed by atoms with Crippen LogP contribution >= 0.6 is 12.2 Å². The van der Waals surface area contributed by atoms with Gasteiger partial charge < -0.3 is 14.8 Å². The number of sulfonamides is 1. The summed E-state index contributed by atoms with van der Waals surface area (Å²) in [6.07, 6.45) is 1.18. The minimum absolute atomic E-state index is 0.00426. The van der Waals surface area contributed by atoms with E-state index in [0.29, 0.717) is 17.0 Å². The van der Waals surface area contributed by atoms with Crippen LogP contribution in [0.4, 0.5) is 11.5 Å². The lowest BCUT2D eigenvalue weighted by atomic mass is 10.2. The molecule has 1 aromatic heterocycles. The number of carbonyl (C=O) groups is 1. The van der Waals surface area contributed by atoms with Crippen LogP contribution in [0.15, 0.2) is 65.8 Å². The van der Waals surface area contributed by atoms with Crippen molar-refractivity contribution in [3.63, 3.8) is 0 Å². The Kier molecular flexibility index (Phi) is 7.18. The number of methoxy groups -OCH3 is 2. The summed E-state index contributed by atoms with van der Waals surface area (Å²) in [4.78, 5) is 20.1. The summed E-state index contributed by atoms with van der Waals surface area (Å²) < 4.78 is 37.6. The van der Waals surface area contributed by atoms with Crippen LogP contribution in [0.3, 0.4) is 0 Å². The van der Waals surface area contributed by atoms with E-state index in [-0.39, 0.29) is 21.7 Å². The highest BCUT2D eigenvalue weighted by Crippen LogP contribution is 2.19. The third-order valence-corrected chi connectivity index (χ3v) is 5.67. The molecule has 0 saturated carbocycles. The lowest BCUT2D eigenvalue weighted by Crippen LogP contribution is -2.34. The molecule has 0 bridgehead atoms. The van der Waals surface area contributed by atoms with Crippen LogP contribution in [0.5, 0.6) is 11.6 Å². The zero-order valence-corrected chi connectivity index (χ0v) is 18.7. The summed E-state index contributed by atoms with van der Waals surface area (Å²) in [5.74, 6) is 0.264. The predicted octanol–water partition coefficient (Wildman–Crippen LogP) is 2.42. The van der Waals surface area contributed by atoms with Gasteiger partial charge in [0.05, 0.1) is 24.7 Å². The number of hydrogen-bond acceptors (Lipinski definition) is 8. The first-order chi connectivity index (χ1) is 15.3. The summed E-state index contributed by atoms with van der Waals surface area (Å²) in [5, 5.41) is 5.43. The minimum atomic E-state index is -3.89. The molecule has 166 valence electrons. The van der Waals surface area contributed by atoms with Crippen LogP contribution in [-0.4, -0.2) is 43.6 Å². The first kappa shape index (κ1) is 22.9. The Bertz CT molecular complexity index is 1230. The number of amides is 1. The number of para-hydroxylation sites is 1. The van der Waals surface area contributed by atoms with Crippen molar-refractivity contribution in [2.24, 2.45) is 0 Å². The van der Waals surface area contributed by atoms with Crippen molar-refractivity contribution >= 4 is 44.8 Å². The van der Waals surface area contributed by atoms with Crippen LogP contribution in [0.25, 0.3) is 0 Å². The molecule has 1 heterocycles. The summed E-state index contributed by atoms with van der Waals surface area (Å²) in [7, 11) is -1.01. The zero-order chi connectivity index (χ0) is 23.1. The molecule has 12 heteroatoms. The van der Waals surface area contributed by atoms with Gasteiger partial charge in [-0.05, 0) is 48.6 Å². The highest BCUT2D eigenvalue weighted by atomic mass is 32.2. The number of rotatable bonds is 7. The first-order valence-corrected chi connectivity index (χ1v) is 11.0. The van der Waals surface area contributed by atoms with Gasteiger partial charge >= 0.3 is 0 Å². The molecule has 3 aromatic rings. The van der Waals surface area contributed by atoms with E-state index < -0.39 is 15.9 Å². The second kappa shape index (κ2) is 10.0. The van der Waals surface area contributed by atoms with Crippen LogP contribution < -0.4 is 24.8 Å². The SMILES string of the molecule is COc1cc(NS(=O)(=O)c2ccc(NC(=S)NC(=O)c3ccccc3OC)cc2)ncn1. The van der Waals surface area contributed by atoms with Gasteiger partial charge in [-0.2, -0.15) is 0 Å². The Balaban J connectivity index is 1.64. The molecule has 2 aromatic carbocycles. The quantitative estimate of drug-likeness (QED) is 0.443. The highest BCUT2D eigenvalue weighted by molar-refractivity contribution is 7.92. The molecule has 0 aliphatic carbocycles. The molecular formula is C20H19N5O5S2. The molecule has 3 N–H and O–H groups in total. The van der Waals surface area contributed by atoms with Crippen LogP contribution in [0.1, 0.15) is 10.4 Å². The molecule has 0 atom stereocenters. The number of nitrogens with zero attached hydrogens (tertiary/aromatic N) is 2. The topological polar surface area (TPSA) is 132 Å². The second-order valence-corrected chi connectivity index (χ2v) is 8.27. The smallest absolute Gasteiger partial charge is 0.263 e. The van der Waals surface area contributed by atoms with Crippen molar-refractivity contribution in [3.8, 4) is 11.6 Å². The molecule has 0 unspecified atom stereocenters. The van der Waals surface area contributed by atoms with Gasteiger partial charge in [-0.15, -0.1) is 0 Å². The average Bonchev–Trinajstić information content (AvgIpc) is 2.79. The number of nitrogens with one attached hydrogen (secondary N) is 3. The summed E-state index contributed by atoms with van der Waals surface area (Å²) in [5.41, 5.74) is 0.811. The molecule has 0 aliphatic rings. The Morgan fingerprint density at radius 1 is 1.00 bits per heavy atom. The Hall–Kier alpha value is -3.77. The molecule has 0 aliphatic heterocycles. The minimum Gasteiger partial charge on any atom is -0.496 e. The molecule has 0 spiro atoms. The fourth-order valence-corrected chi connectivity index (χ4v) is 3.80. The molecule has 0 fully saturated rings. The number of hydrogen-bond donors (Lipinski definition) is 3. The summed E-state index contributed by atoms with van der Waals surface area (Å²) in [6, 6.07) is 13.9. The molecule has 0 saturated heterocycles. The van der Waals surface area contributed by atoms with Crippen molar-refractivity contribution in [1.82, 2.24) is 15.3 Å². The first-order valence-electron chi connectivity index (χ1n) is 9.06. The zero-order valence-electron chi connectivity index (χ0n) is 17.0. The van der Waals surface area contributed by atoms with Crippen LogP contribution in [-0.2, 0) is 10.0 Å². The van der Waals surface area contributed by atoms with Crippen molar-refractivity contribution in [3.05, 3.63) is 66.5 Å². The maximum absolute atomic E-state index is 12.6. The second-order valence-electron chi connectivity index (χ2n) is 6.18. The summed E-state index contributed by atoms with van der Waals surface area (Å²) in [6.45, 7) is 0. The molecule has 3 rings (SSSR count). The number of thiocarbonyl (C=S) groups is 1. The van der Waals surface area contributed by atoms with Crippen molar-refractivity contribution in [2.75, 3.05) is 24.3 Å². The van der Waals surface area contributed by atoms with E-state index in [9.17, 15) is 13.2 Å².